The van der Waals surface area contributed by atoms with E-state index in [1.54, 1.807) is 0 Å². The van der Waals surface area contributed by atoms with Crippen LogP contribution in [-0.4, -0.2) is 26.3 Å². The fraction of sp³-hybridized carbons (Fsp3) is 0.286. The van der Waals surface area contributed by atoms with E-state index in [1.807, 2.05) is 38.1 Å². The van der Waals surface area contributed by atoms with Crippen LogP contribution in [0.15, 0.2) is 38.9 Å². The first-order chi connectivity index (χ1) is 10.5. The molecule has 0 bridgehead atoms. The topological polar surface area (TPSA) is 108 Å². The smallest absolute Gasteiger partial charge is 0.325 e. The molecule has 116 valence electrons. The number of rotatable bonds is 5. The number of hydrogen-bond donors (Lipinski definition) is 3. The number of aryl methyl sites for hydroxylation is 1. The number of nitrogens with zero attached hydrogens (tertiary/aromatic N) is 1. The first kappa shape index (κ1) is 16.0. The highest BCUT2D eigenvalue weighted by atomic mass is 32.2. The van der Waals surface area contributed by atoms with Gasteiger partial charge in [-0.05, 0) is 25.5 Å². The second-order valence-electron chi connectivity index (χ2n) is 4.68. The molecule has 0 aliphatic heterocycles. The van der Waals surface area contributed by atoms with Crippen LogP contribution < -0.4 is 16.6 Å². The Labute approximate surface area is 130 Å². The third-order valence-corrected chi connectivity index (χ3v) is 4.25. The molecule has 2 aromatic rings. The van der Waals surface area contributed by atoms with Gasteiger partial charge in [0.15, 0.2) is 5.03 Å². The lowest BCUT2D eigenvalue weighted by Gasteiger charge is -2.13. The second kappa shape index (κ2) is 7.08. The lowest BCUT2D eigenvalue weighted by atomic mass is 10.2. The molecule has 1 atom stereocenters. The van der Waals surface area contributed by atoms with Crippen molar-refractivity contribution in [3.63, 3.8) is 0 Å². The molecule has 3 N–H and O–H groups in total. The maximum atomic E-state index is 12.3. The monoisotopic (exact) mass is 320 g/mol. The van der Waals surface area contributed by atoms with Crippen molar-refractivity contribution in [2.75, 3.05) is 5.32 Å². The highest BCUT2D eigenvalue weighted by Gasteiger charge is 2.20. The fourth-order valence-corrected chi connectivity index (χ4v) is 2.59. The first-order valence-corrected chi connectivity index (χ1v) is 7.60. The lowest BCUT2D eigenvalue weighted by molar-refractivity contribution is -0.115. The summed E-state index contributed by atoms with van der Waals surface area (Å²) in [4.78, 5) is 36.9. The van der Waals surface area contributed by atoms with E-state index in [2.05, 4.69) is 20.5 Å². The van der Waals surface area contributed by atoms with Crippen molar-refractivity contribution < 1.29 is 4.79 Å². The van der Waals surface area contributed by atoms with Crippen LogP contribution in [0.4, 0.5) is 5.69 Å². The zero-order valence-corrected chi connectivity index (χ0v) is 13.0. The Kier molecular flexibility index (Phi) is 5.16. The number of carbonyl (C=O) groups is 1. The summed E-state index contributed by atoms with van der Waals surface area (Å²) >= 11 is 1.02. The van der Waals surface area contributed by atoms with Gasteiger partial charge in [0.05, 0.1) is 5.25 Å². The minimum atomic E-state index is -0.675. The molecule has 1 unspecified atom stereocenters. The Morgan fingerprint density at radius 2 is 2.00 bits per heavy atom. The molecule has 2 rings (SSSR count). The van der Waals surface area contributed by atoms with Gasteiger partial charge in [-0.15, -0.1) is 0 Å². The number of benzene rings is 1. The van der Waals surface area contributed by atoms with Gasteiger partial charge in [0.25, 0.3) is 5.56 Å². The number of nitrogens with one attached hydrogen (secondary N) is 3. The highest BCUT2D eigenvalue weighted by molar-refractivity contribution is 8.00. The molecule has 7 nitrogen and oxygen atoms in total. The molecule has 0 aliphatic rings. The average Bonchev–Trinajstić information content (AvgIpc) is 2.49. The number of aromatic amines is 2. The van der Waals surface area contributed by atoms with Crippen LogP contribution in [0.25, 0.3) is 0 Å². The summed E-state index contributed by atoms with van der Waals surface area (Å²) in [6, 6.07) is 7.43. The minimum Gasteiger partial charge on any atom is -0.325 e. The van der Waals surface area contributed by atoms with Crippen LogP contribution in [0.5, 0.6) is 0 Å². The fourth-order valence-electron chi connectivity index (χ4n) is 1.73. The second-order valence-corrected chi connectivity index (χ2v) is 5.87. The van der Waals surface area contributed by atoms with Gasteiger partial charge in [0.1, 0.15) is 0 Å². The summed E-state index contributed by atoms with van der Waals surface area (Å²) in [7, 11) is 0. The van der Waals surface area contributed by atoms with Gasteiger partial charge in [-0.1, -0.05) is 36.4 Å². The summed E-state index contributed by atoms with van der Waals surface area (Å²) < 4.78 is 0. The Bertz CT molecular complexity index is 767. The van der Waals surface area contributed by atoms with Crippen molar-refractivity contribution >= 4 is 23.4 Å². The predicted molar refractivity (Wildman–Crippen MR) is 85.2 cm³/mol. The van der Waals surface area contributed by atoms with Crippen molar-refractivity contribution in [2.24, 2.45) is 0 Å². The van der Waals surface area contributed by atoms with Gasteiger partial charge in [-0.25, -0.2) is 9.89 Å². The molecule has 0 radical (unpaired) electrons. The van der Waals surface area contributed by atoms with Crippen LogP contribution in [0, 0.1) is 6.92 Å². The van der Waals surface area contributed by atoms with Crippen molar-refractivity contribution in [1.29, 1.82) is 0 Å². The summed E-state index contributed by atoms with van der Waals surface area (Å²) in [6.07, 6.45) is 0.516. The van der Waals surface area contributed by atoms with E-state index in [1.165, 1.54) is 0 Å². The van der Waals surface area contributed by atoms with Gasteiger partial charge >= 0.3 is 5.69 Å². The highest BCUT2D eigenvalue weighted by Crippen LogP contribution is 2.21. The zero-order chi connectivity index (χ0) is 16.1. The van der Waals surface area contributed by atoms with Gasteiger partial charge in [-0.2, -0.15) is 5.10 Å². The molecule has 0 spiro atoms. The standard InChI is InChI=1S/C14H16N4O3S/c1-3-10(22-13-12(20)16-14(21)18-17-13)11(19)15-9-6-4-8(2)5-7-9/h4-7,10H,3H2,1-2H3,(H,15,19)(H2,16,18,20,21). The molecule has 0 saturated heterocycles. The molecule has 22 heavy (non-hydrogen) atoms. The number of H-pyrrole nitrogens is 2. The Morgan fingerprint density at radius 3 is 2.59 bits per heavy atom. The predicted octanol–water partition coefficient (Wildman–Crippen LogP) is 1.28. The molecule has 1 amide bonds. The van der Waals surface area contributed by atoms with Gasteiger partial charge < -0.3 is 5.32 Å². The van der Waals surface area contributed by atoms with E-state index < -0.39 is 16.5 Å². The SMILES string of the molecule is CCC(Sc1n[nH]c(=O)[nH]c1=O)C(=O)Nc1ccc(C)cc1. The van der Waals surface area contributed by atoms with Crippen molar-refractivity contribution in [3.8, 4) is 0 Å². The zero-order valence-electron chi connectivity index (χ0n) is 12.2. The molecule has 1 aromatic carbocycles. The summed E-state index contributed by atoms with van der Waals surface area (Å²) in [5.74, 6) is -0.219. The Morgan fingerprint density at radius 1 is 1.32 bits per heavy atom. The molecule has 1 aromatic heterocycles. The van der Waals surface area contributed by atoms with Crippen molar-refractivity contribution in [3.05, 3.63) is 50.7 Å². The van der Waals surface area contributed by atoms with E-state index in [9.17, 15) is 14.4 Å². The number of carbonyl (C=O) groups excluding carboxylic acids is 1. The van der Waals surface area contributed by atoms with E-state index in [0.29, 0.717) is 12.1 Å². The van der Waals surface area contributed by atoms with Crippen LogP contribution >= 0.6 is 11.8 Å². The van der Waals surface area contributed by atoms with Crippen LogP contribution in [-0.2, 0) is 4.79 Å². The van der Waals surface area contributed by atoms with Gasteiger partial charge in [0.2, 0.25) is 5.91 Å². The van der Waals surface area contributed by atoms with Gasteiger partial charge in [0, 0.05) is 5.69 Å². The van der Waals surface area contributed by atoms with Crippen LogP contribution in [0.2, 0.25) is 0 Å². The number of thioether (sulfide) groups is 1. The summed E-state index contributed by atoms with van der Waals surface area (Å²) in [5.41, 5.74) is 0.517. The number of amides is 1. The third-order valence-electron chi connectivity index (χ3n) is 2.92. The molecular formula is C14H16N4O3S. The van der Waals surface area contributed by atoms with Gasteiger partial charge in [-0.3, -0.25) is 14.6 Å². The van der Waals surface area contributed by atoms with Crippen molar-refractivity contribution in [2.45, 2.75) is 30.5 Å². The number of hydrogen-bond acceptors (Lipinski definition) is 5. The van der Waals surface area contributed by atoms with E-state index in [-0.39, 0.29) is 10.9 Å². The maximum Gasteiger partial charge on any atom is 0.342 e. The number of aromatic nitrogens is 3. The van der Waals surface area contributed by atoms with E-state index >= 15 is 0 Å². The lowest BCUT2D eigenvalue weighted by Crippen LogP contribution is -2.29. The Balaban J connectivity index is 2.10. The molecule has 8 heteroatoms. The average molecular weight is 320 g/mol. The quantitative estimate of drug-likeness (QED) is 0.719. The molecule has 0 fully saturated rings. The number of anilines is 1. The summed E-state index contributed by atoms with van der Waals surface area (Å²) in [6.45, 7) is 3.80. The third kappa shape index (κ3) is 4.08. The van der Waals surface area contributed by atoms with E-state index in [4.69, 9.17) is 0 Å². The molecule has 1 heterocycles. The minimum absolute atomic E-state index is 0.0607. The van der Waals surface area contributed by atoms with Crippen LogP contribution in [0.1, 0.15) is 18.9 Å². The molecular weight excluding hydrogens is 304 g/mol. The van der Waals surface area contributed by atoms with Crippen LogP contribution in [0.3, 0.4) is 0 Å². The maximum absolute atomic E-state index is 12.3. The molecule has 0 saturated carbocycles. The normalized spacial score (nSPS) is 11.9. The summed E-state index contributed by atoms with van der Waals surface area (Å²) in [5, 5.41) is 8.19. The van der Waals surface area contributed by atoms with Crippen molar-refractivity contribution in [1.82, 2.24) is 15.2 Å². The molecule has 0 aliphatic carbocycles. The largest absolute Gasteiger partial charge is 0.342 e. The van der Waals surface area contributed by atoms with E-state index in [0.717, 1.165) is 17.3 Å². The Hall–Kier alpha value is -2.35. The first-order valence-electron chi connectivity index (χ1n) is 6.72.